The number of ether oxygens (including phenoxy) is 2. The van der Waals surface area contributed by atoms with E-state index < -0.39 is 5.97 Å². The molecular formula is C19H17NO5S. The number of amides is 1. The second kappa shape index (κ2) is 7.13. The van der Waals surface area contributed by atoms with Crippen LogP contribution in [-0.2, 0) is 4.79 Å². The molecule has 0 aliphatic carbocycles. The maximum absolute atomic E-state index is 12.7. The van der Waals surface area contributed by atoms with Crippen LogP contribution in [0.15, 0.2) is 46.2 Å². The molecule has 1 aliphatic rings. The molecule has 0 unspecified atom stereocenters. The van der Waals surface area contributed by atoms with Gasteiger partial charge in [-0.15, -0.1) is 0 Å². The Morgan fingerprint density at radius 3 is 2.50 bits per heavy atom. The fraction of sp³-hybridized carbons (Fsp3) is 0.158. The highest BCUT2D eigenvalue weighted by Crippen LogP contribution is 2.42. The molecule has 0 spiro atoms. The number of aromatic carboxylic acids is 1. The van der Waals surface area contributed by atoms with Gasteiger partial charge in [0.25, 0.3) is 5.91 Å². The van der Waals surface area contributed by atoms with Gasteiger partial charge >= 0.3 is 5.97 Å². The fourth-order valence-electron chi connectivity index (χ4n) is 2.62. The summed E-state index contributed by atoms with van der Waals surface area (Å²) in [6.07, 6.45) is 1.78. The number of fused-ring (bicyclic) bond motifs is 1. The summed E-state index contributed by atoms with van der Waals surface area (Å²) < 4.78 is 10.5. The van der Waals surface area contributed by atoms with Gasteiger partial charge in [-0.25, -0.2) is 4.79 Å². The zero-order chi connectivity index (χ0) is 18.8. The number of likely N-dealkylation sites (N-methyl/N-ethyl adjacent to an activating group) is 1. The van der Waals surface area contributed by atoms with Crippen molar-refractivity contribution < 1.29 is 24.2 Å². The zero-order valence-electron chi connectivity index (χ0n) is 14.5. The first-order valence-electron chi connectivity index (χ1n) is 7.71. The van der Waals surface area contributed by atoms with Gasteiger partial charge in [-0.1, -0.05) is 17.8 Å². The van der Waals surface area contributed by atoms with Crippen molar-refractivity contribution >= 4 is 35.4 Å². The zero-order valence-corrected chi connectivity index (χ0v) is 15.3. The quantitative estimate of drug-likeness (QED) is 0.829. The van der Waals surface area contributed by atoms with Crippen LogP contribution in [0.3, 0.4) is 0 Å². The number of methoxy groups -OCH3 is 2. The van der Waals surface area contributed by atoms with Gasteiger partial charge in [0, 0.05) is 11.9 Å². The lowest BCUT2D eigenvalue weighted by Crippen LogP contribution is -2.30. The number of nitrogens with zero attached hydrogens (tertiary/aromatic N) is 1. The Balaban J connectivity index is 1.99. The molecule has 0 atom stereocenters. The van der Waals surface area contributed by atoms with Gasteiger partial charge < -0.3 is 19.5 Å². The Hall–Kier alpha value is -2.93. The normalized spacial score (nSPS) is 15.0. The van der Waals surface area contributed by atoms with Crippen LogP contribution in [0.2, 0.25) is 0 Å². The molecule has 134 valence electrons. The topological polar surface area (TPSA) is 76.1 Å². The fourth-order valence-corrected chi connectivity index (χ4v) is 3.71. The van der Waals surface area contributed by atoms with Crippen LogP contribution < -0.4 is 14.4 Å². The lowest BCUT2D eigenvalue weighted by molar-refractivity contribution is -0.114. The van der Waals surface area contributed by atoms with Crippen molar-refractivity contribution in [1.29, 1.82) is 0 Å². The van der Waals surface area contributed by atoms with Crippen LogP contribution in [0.1, 0.15) is 15.9 Å². The van der Waals surface area contributed by atoms with Crippen LogP contribution in [-0.4, -0.2) is 38.3 Å². The molecular weight excluding hydrogens is 354 g/mol. The molecule has 0 saturated heterocycles. The molecule has 2 aromatic rings. The largest absolute Gasteiger partial charge is 0.493 e. The summed E-state index contributed by atoms with van der Waals surface area (Å²) >= 11 is 1.31. The first-order valence-corrected chi connectivity index (χ1v) is 8.53. The van der Waals surface area contributed by atoms with Crippen molar-refractivity contribution in [3.8, 4) is 11.5 Å². The number of carbonyl (C=O) groups excluding carboxylic acids is 1. The van der Waals surface area contributed by atoms with E-state index in [0.29, 0.717) is 22.1 Å². The Bertz CT molecular complexity index is 922. The highest BCUT2D eigenvalue weighted by Gasteiger charge is 2.27. The van der Waals surface area contributed by atoms with E-state index in [1.54, 1.807) is 45.5 Å². The van der Waals surface area contributed by atoms with E-state index in [9.17, 15) is 9.59 Å². The Morgan fingerprint density at radius 2 is 1.85 bits per heavy atom. The summed E-state index contributed by atoms with van der Waals surface area (Å²) in [5.41, 5.74) is 1.54. The van der Waals surface area contributed by atoms with Gasteiger partial charge in [0.15, 0.2) is 11.5 Å². The minimum Gasteiger partial charge on any atom is -0.493 e. The predicted octanol–water partition coefficient (Wildman–Crippen LogP) is 3.51. The van der Waals surface area contributed by atoms with E-state index in [1.807, 2.05) is 6.07 Å². The molecule has 0 saturated carbocycles. The van der Waals surface area contributed by atoms with Gasteiger partial charge in [-0.2, -0.15) is 0 Å². The SMILES string of the molecule is COc1ccc(/C=C2/Sc3ccc(C(=O)O)cc3N(C)C2=O)cc1OC. The van der Waals surface area contributed by atoms with Crippen LogP contribution in [0.5, 0.6) is 11.5 Å². The summed E-state index contributed by atoms with van der Waals surface area (Å²) in [5.74, 6) is -0.0268. The minimum absolute atomic E-state index is 0.149. The van der Waals surface area contributed by atoms with E-state index in [-0.39, 0.29) is 11.5 Å². The first kappa shape index (κ1) is 17.9. The number of rotatable bonds is 4. The highest BCUT2D eigenvalue weighted by molar-refractivity contribution is 8.04. The monoisotopic (exact) mass is 371 g/mol. The number of carboxylic acids is 1. The number of hydrogen-bond donors (Lipinski definition) is 1. The molecule has 6 nitrogen and oxygen atoms in total. The molecule has 7 heteroatoms. The molecule has 0 bridgehead atoms. The molecule has 1 heterocycles. The van der Waals surface area contributed by atoms with Gasteiger partial charge in [0.2, 0.25) is 0 Å². The van der Waals surface area contributed by atoms with Crippen LogP contribution >= 0.6 is 11.8 Å². The maximum atomic E-state index is 12.7. The number of benzene rings is 2. The standard InChI is InChI=1S/C19H17NO5S/c1-20-13-10-12(19(22)23)5-7-16(13)26-17(18(20)21)9-11-4-6-14(24-2)15(8-11)25-3/h4-10H,1-3H3,(H,22,23)/b17-9+. The Kier molecular flexibility index (Phi) is 4.90. The van der Waals surface area contributed by atoms with Crippen LogP contribution in [0.4, 0.5) is 5.69 Å². The third-order valence-electron chi connectivity index (χ3n) is 4.01. The number of hydrogen-bond acceptors (Lipinski definition) is 5. The predicted molar refractivity (Wildman–Crippen MR) is 100 cm³/mol. The number of carbonyl (C=O) groups is 2. The van der Waals surface area contributed by atoms with Crippen molar-refractivity contribution in [1.82, 2.24) is 0 Å². The molecule has 3 rings (SSSR count). The van der Waals surface area contributed by atoms with E-state index in [0.717, 1.165) is 10.5 Å². The summed E-state index contributed by atoms with van der Waals surface area (Å²) in [7, 11) is 4.75. The van der Waals surface area contributed by atoms with E-state index in [4.69, 9.17) is 14.6 Å². The molecule has 1 N–H and O–H groups in total. The molecule has 26 heavy (non-hydrogen) atoms. The molecule has 2 aromatic carbocycles. The van der Waals surface area contributed by atoms with Gasteiger partial charge in [-0.05, 0) is 42.0 Å². The summed E-state index contributed by atoms with van der Waals surface area (Å²) in [6.45, 7) is 0. The second-order valence-electron chi connectivity index (χ2n) is 5.58. The average molecular weight is 371 g/mol. The first-order chi connectivity index (χ1) is 12.4. The highest BCUT2D eigenvalue weighted by atomic mass is 32.2. The van der Waals surface area contributed by atoms with E-state index in [1.165, 1.54) is 28.8 Å². The number of thioether (sulfide) groups is 1. The second-order valence-corrected chi connectivity index (χ2v) is 6.66. The van der Waals surface area contributed by atoms with Crippen LogP contribution in [0, 0.1) is 0 Å². The molecule has 0 aromatic heterocycles. The van der Waals surface area contributed by atoms with Crippen LogP contribution in [0.25, 0.3) is 6.08 Å². The molecule has 1 aliphatic heterocycles. The van der Waals surface area contributed by atoms with Crippen molar-refractivity contribution in [3.63, 3.8) is 0 Å². The van der Waals surface area contributed by atoms with Crippen molar-refractivity contribution in [2.75, 3.05) is 26.2 Å². The van der Waals surface area contributed by atoms with Crippen molar-refractivity contribution in [2.24, 2.45) is 0 Å². The smallest absolute Gasteiger partial charge is 0.335 e. The third kappa shape index (κ3) is 3.25. The number of carboxylic acid groups (broad SMARTS) is 1. The summed E-state index contributed by atoms with van der Waals surface area (Å²) in [4.78, 5) is 26.7. The van der Waals surface area contributed by atoms with Crippen molar-refractivity contribution in [3.05, 3.63) is 52.4 Å². The Morgan fingerprint density at radius 1 is 1.12 bits per heavy atom. The third-order valence-corrected chi connectivity index (χ3v) is 5.09. The molecule has 0 radical (unpaired) electrons. The van der Waals surface area contributed by atoms with E-state index in [2.05, 4.69) is 0 Å². The lowest BCUT2D eigenvalue weighted by Gasteiger charge is -2.27. The summed E-state index contributed by atoms with van der Waals surface area (Å²) in [5, 5.41) is 9.13. The summed E-state index contributed by atoms with van der Waals surface area (Å²) in [6, 6.07) is 10.2. The lowest BCUT2D eigenvalue weighted by atomic mass is 10.1. The van der Waals surface area contributed by atoms with E-state index >= 15 is 0 Å². The molecule has 1 amide bonds. The number of anilines is 1. The van der Waals surface area contributed by atoms with Gasteiger partial charge in [0.1, 0.15) is 0 Å². The van der Waals surface area contributed by atoms with Crippen molar-refractivity contribution in [2.45, 2.75) is 4.90 Å². The maximum Gasteiger partial charge on any atom is 0.335 e. The Labute approximate surface area is 155 Å². The average Bonchev–Trinajstić information content (AvgIpc) is 2.65. The molecule has 0 fully saturated rings. The van der Waals surface area contributed by atoms with Gasteiger partial charge in [-0.3, -0.25) is 4.79 Å². The minimum atomic E-state index is -1.02. The van der Waals surface area contributed by atoms with Gasteiger partial charge in [0.05, 0.1) is 30.4 Å².